The molecule has 1 amide bonds. The van der Waals surface area contributed by atoms with Gasteiger partial charge in [-0.1, -0.05) is 11.6 Å². The number of carbonyl (C=O) groups is 1. The van der Waals surface area contributed by atoms with Gasteiger partial charge in [-0.25, -0.2) is 4.98 Å². The zero-order valence-electron chi connectivity index (χ0n) is 15.0. The molecule has 0 radical (unpaired) electrons. The fourth-order valence-corrected chi connectivity index (χ4v) is 4.28. The van der Waals surface area contributed by atoms with Crippen LogP contribution in [0, 0.1) is 0 Å². The predicted molar refractivity (Wildman–Crippen MR) is 104 cm³/mol. The highest BCUT2D eigenvalue weighted by atomic mass is 35.5. The molecule has 2 aliphatic heterocycles. The lowest BCUT2D eigenvalue weighted by molar-refractivity contribution is 0.0705. The zero-order valence-corrected chi connectivity index (χ0v) is 15.7. The molecule has 2 fully saturated rings. The Labute approximate surface area is 159 Å². The first-order chi connectivity index (χ1) is 12.7. The molecule has 0 aliphatic carbocycles. The third-order valence-electron chi connectivity index (χ3n) is 5.52. The van der Waals surface area contributed by atoms with E-state index in [2.05, 4.69) is 14.9 Å². The summed E-state index contributed by atoms with van der Waals surface area (Å²) in [6.07, 6.45) is 9.37. The molecule has 138 valence electrons. The van der Waals surface area contributed by atoms with Crippen LogP contribution in [-0.2, 0) is 0 Å². The van der Waals surface area contributed by atoms with Gasteiger partial charge in [-0.15, -0.1) is 0 Å². The third-order valence-corrected chi connectivity index (χ3v) is 5.85. The van der Waals surface area contributed by atoms with Gasteiger partial charge in [0.25, 0.3) is 5.91 Å². The molecule has 1 atom stereocenters. The lowest BCUT2D eigenvalue weighted by Crippen LogP contribution is -2.39. The normalized spacial score (nSPS) is 21.0. The summed E-state index contributed by atoms with van der Waals surface area (Å²) in [6, 6.07) is 5.88. The van der Waals surface area contributed by atoms with Crippen molar-refractivity contribution in [1.82, 2.24) is 14.9 Å². The summed E-state index contributed by atoms with van der Waals surface area (Å²) < 4.78 is 0. The van der Waals surface area contributed by atoms with E-state index in [0.29, 0.717) is 17.1 Å². The number of rotatable bonds is 3. The number of hydrogen-bond acceptors (Lipinski definition) is 3. The van der Waals surface area contributed by atoms with Gasteiger partial charge in [0.1, 0.15) is 5.82 Å². The van der Waals surface area contributed by atoms with Crippen LogP contribution < -0.4 is 4.90 Å². The third kappa shape index (κ3) is 3.58. The lowest BCUT2D eigenvalue weighted by Gasteiger charge is -2.33. The Morgan fingerprint density at radius 2 is 2.00 bits per heavy atom. The maximum absolute atomic E-state index is 13.2. The van der Waals surface area contributed by atoms with Gasteiger partial charge in [-0.2, -0.15) is 0 Å². The molecule has 1 N–H and O–H groups in total. The molecule has 5 nitrogen and oxygen atoms in total. The standard InChI is InChI=1S/C20H25ClN4O/c21-18-7-6-16(24-10-2-1-3-11-24)13-17(18)20(26)25-12-4-5-15(14-25)19-22-8-9-23-19/h6-9,13,15H,1-5,10-12,14H2,(H,22,23). The van der Waals surface area contributed by atoms with Crippen molar-refractivity contribution < 1.29 is 4.79 Å². The highest BCUT2D eigenvalue weighted by Gasteiger charge is 2.28. The largest absolute Gasteiger partial charge is 0.372 e. The molecule has 0 bridgehead atoms. The monoisotopic (exact) mass is 372 g/mol. The molecule has 2 aromatic rings. The number of amides is 1. The SMILES string of the molecule is O=C(c1cc(N2CCCCC2)ccc1Cl)N1CCCC(c2ncc[nH]2)C1. The number of piperidine rings is 2. The highest BCUT2D eigenvalue weighted by Crippen LogP contribution is 2.30. The topological polar surface area (TPSA) is 52.2 Å². The summed E-state index contributed by atoms with van der Waals surface area (Å²) in [5.74, 6) is 1.27. The van der Waals surface area contributed by atoms with Gasteiger partial charge in [0.15, 0.2) is 0 Å². The van der Waals surface area contributed by atoms with Crippen molar-refractivity contribution in [3.05, 3.63) is 47.0 Å². The number of aromatic nitrogens is 2. The summed E-state index contributed by atoms with van der Waals surface area (Å²) in [6.45, 7) is 3.58. The molecule has 4 rings (SSSR count). The highest BCUT2D eigenvalue weighted by molar-refractivity contribution is 6.34. The lowest BCUT2D eigenvalue weighted by atomic mass is 9.96. The number of carbonyl (C=O) groups excluding carboxylic acids is 1. The van der Waals surface area contributed by atoms with Crippen LogP contribution in [0.3, 0.4) is 0 Å². The van der Waals surface area contributed by atoms with Gasteiger partial charge in [0, 0.05) is 50.2 Å². The number of anilines is 1. The minimum Gasteiger partial charge on any atom is -0.372 e. The summed E-state index contributed by atoms with van der Waals surface area (Å²) in [5.41, 5.74) is 1.73. The van der Waals surface area contributed by atoms with Crippen molar-refractivity contribution in [2.75, 3.05) is 31.1 Å². The molecule has 26 heavy (non-hydrogen) atoms. The second-order valence-corrected chi connectivity index (χ2v) is 7.68. The molecule has 1 aromatic carbocycles. The van der Waals surface area contributed by atoms with Crippen LogP contribution in [-0.4, -0.2) is 47.0 Å². The number of nitrogens with zero attached hydrogens (tertiary/aromatic N) is 3. The van der Waals surface area contributed by atoms with Crippen LogP contribution in [0.2, 0.25) is 5.02 Å². The quantitative estimate of drug-likeness (QED) is 0.883. The van der Waals surface area contributed by atoms with E-state index in [1.165, 1.54) is 19.3 Å². The van der Waals surface area contributed by atoms with Gasteiger partial charge in [0.05, 0.1) is 10.6 Å². The zero-order chi connectivity index (χ0) is 17.9. The first kappa shape index (κ1) is 17.4. The van der Waals surface area contributed by atoms with Crippen molar-refractivity contribution in [3.63, 3.8) is 0 Å². The summed E-state index contributed by atoms with van der Waals surface area (Å²) in [7, 11) is 0. The van der Waals surface area contributed by atoms with Crippen LogP contribution in [0.1, 0.15) is 54.2 Å². The van der Waals surface area contributed by atoms with Crippen molar-refractivity contribution in [2.45, 2.75) is 38.0 Å². The number of aromatic amines is 1. The fourth-order valence-electron chi connectivity index (χ4n) is 4.08. The Morgan fingerprint density at radius 1 is 1.15 bits per heavy atom. The number of nitrogens with one attached hydrogen (secondary N) is 1. The van der Waals surface area contributed by atoms with Crippen LogP contribution in [0.15, 0.2) is 30.6 Å². The van der Waals surface area contributed by atoms with Gasteiger partial charge in [-0.05, 0) is 50.3 Å². The molecular weight excluding hydrogens is 348 g/mol. The van der Waals surface area contributed by atoms with Crippen LogP contribution in [0.5, 0.6) is 0 Å². The van der Waals surface area contributed by atoms with E-state index >= 15 is 0 Å². The van der Waals surface area contributed by atoms with Gasteiger partial charge < -0.3 is 14.8 Å². The smallest absolute Gasteiger partial charge is 0.255 e. The summed E-state index contributed by atoms with van der Waals surface area (Å²) in [4.78, 5) is 25.0. The van der Waals surface area contributed by atoms with Gasteiger partial charge >= 0.3 is 0 Å². The first-order valence-corrected chi connectivity index (χ1v) is 9.93. The average molecular weight is 373 g/mol. The maximum atomic E-state index is 13.2. The fraction of sp³-hybridized carbons (Fsp3) is 0.500. The Bertz CT molecular complexity index is 755. The van der Waals surface area contributed by atoms with Crippen LogP contribution >= 0.6 is 11.6 Å². The molecule has 6 heteroatoms. The van der Waals surface area contributed by atoms with Crippen LogP contribution in [0.4, 0.5) is 5.69 Å². The van der Waals surface area contributed by atoms with Crippen molar-refractivity contribution in [2.24, 2.45) is 0 Å². The minimum atomic E-state index is 0.0325. The summed E-state index contributed by atoms with van der Waals surface area (Å²) >= 11 is 6.40. The molecule has 0 saturated carbocycles. The Balaban J connectivity index is 1.53. The second-order valence-electron chi connectivity index (χ2n) is 7.28. The first-order valence-electron chi connectivity index (χ1n) is 9.55. The number of likely N-dealkylation sites (tertiary alicyclic amines) is 1. The number of benzene rings is 1. The Kier molecular flexibility index (Phi) is 5.16. The van der Waals surface area contributed by atoms with Gasteiger partial charge in [0.2, 0.25) is 0 Å². The number of imidazole rings is 1. The van der Waals surface area contributed by atoms with Crippen molar-refractivity contribution >= 4 is 23.2 Å². The molecule has 2 saturated heterocycles. The second kappa shape index (κ2) is 7.70. The maximum Gasteiger partial charge on any atom is 0.255 e. The molecule has 1 aromatic heterocycles. The van der Waals surface area contributed by atoms with Gasteiger partial charge in [-0.3, -0.25) is 4.79 Å². The van der Waals surface area contributed by atoms with E-state index in [9.17, 15) is 4.79 Å². The van der Waals surface area contributed by atoms with E-state index < -0.39 is 0 Å². The number of H-pyrrole nitrogens is 1. The van der Waals surface area contributed by atoms with Crippen molar-refractivity contribution in [3.8, 4) is 0 Å². The van der Waals surface area contributed by atoms with E-state index in [4.69, 9.17) is 11.6 Å². The molecule has 1 unspecified atom stereocenters. The predicted octanol–water partition coefficient (Wildman–Crippen LogP) is 4.07. The van der Waals surface area contributed by atoms with Crippen LogP contribution in [0.25, 0.3) is 0 Å². The number of hydrogen-bond donors (Lipinski definition) is 1. The molecule has 2 aliphatic rings. The van der Waals surface area contributed by atoms with Crippen molar-refractivity contribution in [1.29, 1.82) is 0 Å². The number of halogens is 1. The minimum absolute atomic E-state index is 0.0325. The van der Waals surface area contributed by atoms with E-state index in [1.807, 2.05) is 29.3 Å². The Hall–Kier alpha value is -2.01. The molecular formula is C20H25ClN4O. The van der Waals surface area contributed by atoms with E-state index in [1.54, 1.807) is 6.20 Å². The summed E-state index contributed by atoms with van der Waals surface area (Å²) in [5, 5.41) is 0.538. The molecule has 0 spiro atoms. The average Bonchev–Trinajstić information content (AvgIpc) is 3.23. The van der Waals surface area contributed by atoms with E-state index in [0.717, 1.165) is 44.0 Å². The molecule has 3 heterocycles. The van der Waals surface area contributed by atoms with E-state index in [-0.39, 0.29) is 11.8 Å². The Morgan fingerprint density at radius 3 is 2.77 bits per heavy atom.